The van der Waals surface area contributed by atoms with Gasteiger partial charge in [0.15, 0.2) is 5.96 Å². The molecule has 2 atom stereocenters. The first-order valence-corrected chi connectivity index (χ1v) is 3.89. The maximum absolute atomic E-state index is 10.2. The Labute approximate surface area is 76.6 Å². The van der Waals surface area contributed by atoms with E-state index in [9.17, 15) is 4.79 Å². The minimum atomic E-state index is -0.914. The molecule has 0 amide bonds. The number of ether oxygens (including phenoxy) is 1. The number of hydrogen-bond donors (Lipinski definition) is 4. The van der Waals surface area contributed by atoms with Crippen LogP contribution in [0.1, 0.15) is 20.3 Å². The van der Waals surface area contributed by atoms with Crippen LogP contribution in [-0.4, -0.2) is 29.4 Å². The van der Waals surface area contributed by atoms with Crippen LogP contribution in [0, 0.1) is 5.41 Å². The fraction of sp³-hybridized carbons (Fsp3) is 0.714. The molecule has 0 saturated heterocycles. The number of carboxylic acid groups (broad SMARTS) is 1. The number of aliphatic carboxylic acids is 1. The zero-order valence-electron chi connectivity index (χ0n) is 7.70. The molecular weight excluding hydrogens is 174 g/mol. The zero-order chi connectivity index (χ0) is 10.4. The second-order valence-electron chi connectivity index (χ2n) is 2.74. The van der Waals surface area contributed by atoms with Crippen molar-refractivity contribution in [3.8, 4) is 0 Å². The van der Waals surface area contributed by atoms with Gasteiger partial charge in [0.1, 0.15) is 6.23 Å². The van der Waals surface area contributed by atoms with Crippen LogP contribution >= 0.6 is 0 Å². The van der Waals surface area contributed by atoms with Crippen molar-refractivity contribution in [3.05, 3.63) is 0 Å². The number of guanidine groups is 1. The Hall–Kier alpha value is -1.30. The first-order chi connectivity index (χ1) is 5.91. The van der Waals surface area contributed by atoms with Crippen LogP contribution in [-0.2, 0) is 9.53 Å². The number of carboxylic acids is 1. The lowest BCUT2D eigenvalue weighted by Gasteiger charge is -2.18. The summed E-state index contributed by atoms with van der Waals surface area (Å²) in [7, 11) is 0. The maximum Gasteiger partial charge on any atom is 0.305 e. The molecule has 0 rings (SSSR count). The highest BCUT2D eigenvalue weighted by Gasteiger charge is 2.11. The Morgan fingerprint density at radius 3 is 2.62 bits per heavy atom. The highest BCUT2D eigenvalue weighted by molar-refractivity contribution is 5.74. The lowest BCUT2D eigenvalue weighted by atomic mass is 10.3. The van der Waals surface area contributed by atoms with Gasteiger partial charge in [0.2, 0.25) is 0 Å². The second-order valence-corrected chi connectivity index (χ2v) is 2.74. The number of nitrogens with two attached hydrogens (primary N) is 1. The Balaban J connectivity index is 3.70. The molecule has 0 aliphatic rings. The van der Waals surface area contributed by atoms with Crippen LogP contribution in [0.15, 0.2) is 0 Å². The summed E-state index contributed by atoms with van der Waals surface area (Å²) < 4.78 is 5.16. The minimum Gasteiger partial charge on any atom is -0.481 e. The Kier molecular flexibility index (Phi) is 4.83. The Morgan fingerprint density at radius 1 is 1.69 bits per heavy atom. The van der Waals surface area contributed by atoms with Gasteiger partial charge in [-0.1, -0.05) is 0 Å². The van der Waals surface area contributed by atoms with Gasteiger partial charge in [0, 0.05) is 0 Å². The van der Waals surface area contributed by atoms with E-state index in [1.807, 2.05) is 0 Å². The van der Waals surface area contributed by atoms with Gasteiger partial charge < -0.3 is 20.9 Å². The third kappa shape index (κ3) is 7.07. The second kappa shape index (κ2) is 5.36. The highest BCUT2D eigenvalue weighted by Crippen LogP contribution is 1.99. The summed E-state index contributed by atoms with van der Waals surface area (Å²) in [4.78, 5) is 10.2. The molecule has 0 bridgehead atoms. The number of rotatable bonds is 5. The summed E-state index contributed by atoms with van der Waals surface area (Å²) in [6.07, 6.45) is -0.921. The normalized spacial score (nSPS) is 14.6. The molecule has 76 valence electrons. The number of nitrogens with one attached hydrogen (secondary N) is 2. The van der Waals surface area contributed by atoms with Crippen molar-refractivity contribution in [3.63, 3.8) is 0 Å². The average Bonchev–Trinajstić information content (AvgIpc) is 1.80. The van der Waals surface area contributed by atoms with Crippen molar-refractivity contribution < 1.29 is 14.6 Å². The monoisotopic (exact) mass is 189 g/mol. The van der Waals surface area contributed by atoms with E-state index in [4.69, 9.17) is 21.0 Å². The lowest BCUT2D eigenvalue weighted by Crippen LogP contribution is -2.40. The van der Waals surface area contributed by atoms with E-state index in [0.29, 0.717) is 0 Å². The van der Waals surface area contributed by atoms with E-state index in [-0.39, 0.29) is 12.4 Å². The molecule has 0 aromatic carbocycles. The van der Waals surface area contributed by atoms with Gasteiger partial charge in [-0.3, -0.25) is 10.2 Å². The molecular formula is C7H15N3O3. The zero-order valence-corrected chi connectivity index (χ0v) is 7.70. The predicted molar refractivity (Wildman–Crippen MR) is 47.3 cm³/mol. The minimum absolute atomic E-state index is 0.0656. The van der Waals surface area contributed by atoms with Crippen molar-refractivity contribution in [1.82, 2.24) is 5.32 Å². The summed E-state index contributed by atoms with van der Waals surface area (Å²) in [5, 5.41) is 17.8. The molecule has 0 aromatic heterocycles. The number of hydrogen-bond acceptors (Lipinski definition) is 3. The average molecular weight is 189 g/mol. The molecule has 6 heteroatoms. The third-order valence-electron chi connectivity index (χ3n) is 1.26. The van der Waals surface area contributed by atoms with Gasteiger partial charge in [-0.15, -0.1) is 0 Å². The van der Waals surface area contributed by atoms with Crippen LogP contribution in [0.3, 0.4) is 0 Å². The van der Waals surface area contributed by atoms with E-state index in [0.717, 1.165) is 0 Å². The molecule has 13 heavy (non-hydrogen) atoms. The first-order valence-electron chi connectivity index (χ1n) is 3.89. The van der Waals surface area contributed by atoms with Gasteiger partial charge in [0.05, 0.1) is 12.5 Å². The largest absolute Gasteiger partial charge is 0.481 e. The van der Waals surface area contributed by atoms with E-state index < -0.39 is 18.3 Å². The SMILES string of the molecule is CC(CC(=O)O)OC(C)NC(=N)N. The van der Waals surface area contributed by atoms with Crippen LogP contribution in [0.4, 0.5) is 0 Å². The van der Waals surface area contributed by atoms with Crippen molar-refractivity contribution in [2.24, 2.45) is 5.73 Å². The number of carbonyl (C=O) groups is 1. The highest BCUT2D eigenvalue weighted by atomic mass is 16.5. The van der Waals surface area contributed by atoms with Gasteiger partial charge in [0.25, 0.3) is 0 Å². The van der Waals surface area contributed by atoms with Gasteiger partial charge in [-0.25, -0.2) is 0 Å². The Bertz CT molecular complexity index is 175. The summed E-state index contributed by atoms with van der Waals surface area (Å²) >= 11 is 0. The van der Waals surface area contributed by atoms with Crippen LogP contribution < -0.4 is 11.1 Å². The molecule has 2 unspecified atom stereocenters. The van der Waals surface area contributed by atoms with Crippen LogP contribution in [0.2, 0.25) is 0 Å². The molecule has 5 N–H and O–H groups in total. The maximum atomic E-state index is 10.2. The molecule has 0 aliphatic carbocycles. The van der Waals surface area contributed by atoms with E-state index in [1.165, 1.54) is 0 Å². The quantitative estimate of drug-likeness (QED) is 0.269. The van der Waals surface area contributed by atoms with Gasteiger partial charge >= 0.3 is 5.97 Å². The van der Waals surface area contributed by atoms with Crippen molar-refractivity contribution in [1.29, 1.82) is 5.41 Å². The molecule has 0 heterocycles. The summed E-state index contributed by atoms with van der Waals surface area (Å²) in [6.45, 7) is 3.30. The smallest absolute Gasteiger partial charge is 0.305 e. The fourth-order valence-electron chi connectivity index (χ4n) is 0.895. The molecule has 6 nitrogen and oxygen atoms in total. The third-order valence-corrected chi connectivity index (χ3v) is 1.26. The standard InChI is InChI=1S/C7H15N3O3/c1-4(3-6(11)12)13-5(2)10-7(8)9/h4-5H,3H2,1-2H3,(H,11,12)(H4,8,9,10). The predicted octanol–water partition coefficient (Wildman–Crippen LogP) is -0.305. The summed E-state index contributed by atoms with van der Waals surface area (Å²) in [5.74, 6) is -1.11. The van der Waals surface area contributed by atoms with E-state index >= 15 is 0 Å². The molecule has 0 aliphatic heterocycles. The van der Waals surface area contributed by atoms with Gasteiger partial charge in [-0.05, 0) is 13.8 Å². The molecule has 0 saturated carbocycles. The van der Waals surface area contributed by atoms with Crippen LogP contribution in [0.25, 0.3) is 0 Å². The molecule has 0 radical (unpaired) electrons. The molecule has 0 aromatic rings. The van der Waals surface area contributed by atoms with E-state index in [2.05, 4.69) is 5.32 Å². The van der Waals surface area contributed by atoms with E-state index in [1.54, 1.807) is 13.8 Å². The van der Waals surface area contributed by atoms with Gasteiger partial charge in [-0.2, -0.15) is 0 Å². The summed E-state index contributed by atoms with van der Waals surface area (Å²) in [6, 6.07) is 0. The first kappa shape index (κ1) is 11.7. The lowest BCUT2D eigenvalue weighted by molar-refractivity contribution is -0.140. The summed E-state index contributed by atoms with van der Waals surface area (Å²) in [5.41, 5.74) is 5.05. The molecule has 0 spiro atoms. The van der Waals surface area contributed by atoms with Crippen molar-refractivity contribution >= 4 is 11.9 Å². The molecule has 0 fully saturated rings. The van der Waals surface area contributed by atoms with Crippen LogP contribution in [0.5, 0.6) is 0 Å². The Morgan fingerprint density at radius 2 is 2.23 bits per heavy atom. The topological polar surface area (TPSA) is 108 Å². The van der Waals surface area contributed by atoms with Crippen molar-refractivity contribution in [2.45, 2.75) is 32.6 Å². The van der Waals surface area contributed by atoms with Crippen molar-refractivity contribution in [2.75, 3.05) is 0 Å². The fourth-order valence-corrected chi connectivity index (χ4v) is 0.895.